The summed E-state index contributed by atoms with van der Waals surface area (Å²) in [6, 6.07) is 1.86. The number of aromatic nitrogens is 1. The summed E-state index contributed by atoms with van der Waals surface area (Å²) in [4.78, 5) is 15.0. The van der Waals surface area contributed by atoms with E-state index in [4.69, 9.17) is 9.47 Å². The Bertz CT molecular complexity index is 614. The van der Waals surface area contributed by atoms with Gasteiger partial charge in [0.2, 0.25) is 0 Å². The van der Waals surface area contributed by atoms with Crippen LogP contribution in [0.15, 0.2) is 22.4 Å². The summed E-state index contributed by atoms with van der Waals surface area (Å²) >= 11 is 1.56. The molecule has 0 unspecified atom stereocenters. The minimum absolute atomic E-state index is 0.0589. The maximum Gasteiger partial charge on any atom is 0.250 e. The smallest absolute Gasteiger partial charge is 0.250 e. The van der Waals surface area contributed by atoms with Crippen molar-refractivity contribution in [2.24, 2.45) is 0 Å². The maximum atomic E-state index is 11.3. The lowest BCUT2D eigenvalue weighted by atomic mass is 10.2. The first kappa shape index (κ1) is 10.4. The van der Waals surface area contributed by atoms with E-state index in [-0.39, 0.29) is 5.56 Å². The number of hydrogen-bond donors (Lipinski definition) is 1. The summed E-state index contributed by atoms with van der Waals surface area (Å²) in [5.41, 5.74) is 1.59. The molecule has 1 aliphatic rings. The van der Waals surface area contributed by atoms with Crippen LogP contribution >= 0.6 is 11.3 Å². The minimum Gasteiger partial charge on any atom is -0.485 e. The van der Waals surface area contributed by atoms with E-state index in [0.29, 0.717) is 18.8 Å². The van der Waals surface area contributed by atoms with Gasteiger partial charge in [0.15, 0.2) is 11.5 Å². The summed E-state index contributed by atoms with van der Waals surface area (Å²) in [6.07, 6.45) is 1.71. The molecule has 0 saturated heterocycles. The lowest BCUT2D eigenvalue weighted by Gasteiger charge is -2.16. The van der Waals surface area contributed by atoms with Gasteiger partial charge in [0.25, 0.3) is 5.56 Å². The molecule has 0 spiro atoms. The predicted molar refractivity (Wildman–Crippen MR) is 66.1 cm³/mol. The largest absolute Gasteiger partial charge is 0.485 e. The number of fused-ring (bicyclic) bond motifs is 1. The van der Waals surface area contributed by atoms with Crippen LogP contribution in [0.4, 0.5) is 0 Å². The number of nitrogens with one attached hydrogen (secondary N) is 1. The van der Waals surface area contributed by atoms with Gasteiger partial charge in [-0.3, -0.25) is 4.79 Å². The average Bonchev–Trinajstić information content (AvgIpc) is 2.76. The Labute approximate surface area is 102 Å². The molecule has 0 radical (unpaired) electrons. The van der Waals surface area contributed by atoms with E-state index >= 15 is 0 Å². The molecule has 0 saturated carbocycles. The summed E-state index contributed by atoms with van der Waals surface area (Å²) in [7, 11) is 0. The van der Waals surface area contributed by atoms with E-state index in [0.717, 1.165) is 21.9 Å². The maximum absolute atomic E-state index is 11.3. The second kappa shape index (κ2) is 3.92. The van der Waals surface area contributed by atoms with Gasteiger partial charge < -0.3 is 14.5 Å². The van der Waals surface area contributed by atoms with Crippen LogP contribution in [0, 0.1) is 6.92 Å². The van der Waals surface area contributed by atoms with Crippen LogP contribution in [0.3, 0.4) is 0 Å². The molecule has 5 heteroatoms. The monoisotopic (exact) mass is 249 g/mol. The normalized spacial score (nSPS) is 13.7. The third-order valence-corrected chi connectivity index (χ3v) is 3.64. The number of H-pyrrole nitrogens is 1. The Morgan fingerprint density at radius 2 is 2.18 bits per heavy atom. The molecule has 1 aliphatic heterocycles. The molecule has 3 rings (SSSR count). The molecule has 0 atom stereocenters. The predicted octanol–water partition coefficient (Wildman–Crippen LogP) is 2.18. The van der Waals surface area contributed by atoms with Crippen molar-refractivity contribution in [2.45, 2.75) is 6.92 Å². The van der Waals surface area contributed by atoms with E-state index in [1.54, 1.807) is 24.5 Å². The van der Waals surface area contributed by atoms with Crippen LogP contribution in [0.25, 0.3) is 10.4 Å². The number of hydrogen-bond acceptors (Lipinski definition) is 4. The molecular formula is C12H11NO3S. The molecule has 0 amide bonds. The first-order valence-corrected chi connectivity index (χ1v) is 6.20. The Kier molecular flexibility index (Phi) is 2.40. The molecular weight excluding hydrogens is 238 g/mol. The van der Waals surface area contributed by atoms with Crippen molar-refractivity contribution in [3.8, 4) is 21.9 Å². The zero-order valence-corrected chi connectivity index (χ0v) is 10.1. The van der Waals surface area contributed by atoms with Crippen LogP contribution in [0.5, 0.6) is 11.5 Å². The van der Waals surface area contributed by atoms with Crippen LogP contribution in [-0.4, -0.2) is 18.2 Å². The first-order chi connectivity index (χ1) is 8.25. The Hall–Kier alpha value is -1.75. The molecule has 4 nitrogen and oxygen atoms in total. The summed E-state index contributed by atoms with van der Waals surface area (Å²) in [5.74, 6) is 1.58. The molecule has 1 N–H and O–H groups in total. The van der Waals surface area contributed by atoms with Gasteiger partial charge in [-0.25, -0.2) is 0 Å². The molecule has 2 aromatic rings. The van der Waals surface area contributed by atoms with Crippen LogP contribution in [0.1, 0.15) is 5.56 Å². The molecule has 0 fully saturated rings. The van der Waals surface area contributed by atoms with E-state index in [1.807, 2.05) is 11.4 Å². The van der Waals surface area contributed by atoms with Crippen LogP contribution < -0.4 is 15.0 Å². The van der Waals surface area contributed by atoms with Gasteiger partial charge in [0.05, 0.1) is 4.88 Å². The fourth-order valence-corrected chi connectivity index (χ4v) is 2.71. The highest BCUT2D eigenvalue weighted by atomic mass is 32.1. The van der Waals surface area contributed by atoms with E-state index in [9.17, 15) is 4.79 Å². The van der Waals surface area contributed by atoms with E-state index in [2.05, 4.69) is 4.98 Å². The van der Waals surface area contributed by atoms with Crippen molar-refractivity contribution in [3.63, 3.8) is 0 Å². The highest BCUT2D eigenvalue weighted by Gasteiger charge is 2.19. The van der Waals surface area contributed by atoms with E-state index < -0.39 is 0 Å². The van der Waals surface area contributed by atoms with Crippen molar-refractivity contribution in [2.75, 3.05) is 13.2 Å². The zero-order valence-electron chi connectivity index (χ0n) is 9.28. The third-order valence-electron chi connectivity index (χ3n) is 2.65. The average molecular weight is 249 g/mol. The molecule has 0 bridgehead atoms. The molecule has 17 heavy (non-hydrogen) atoms. The lowest BCUT2D eigenvalue weighted by Crippen LogP contribution is -2.14. The number of ether oxygens (including phenoxy) is 2. The van der Waals surface area contributed by atoms with Gasteiger partial charge in [-0.05, 0) is 13.0 Å². The van der Waals surface area contributed by atoms with Crippen molar-refractivity contribution in [1.82, 2.24) is 4.98 Å². The van der Waals surface area contributed by atoms with Gasteiger partial charge >= 0.3 is 0 Å². The minimum atomic E-state index is -0.0589. The van der Waals surface area contributed by atoms with Crippen LogP contribution in [0.2, 0.25) is 0 Å². The fourth-order valence-electron chi connectivity index (χ4n) is 1.79. The van der Waals surface area contributed by atoms with Gasteiger partial charge in [0, 0.05) is 22.7 Å². The van der Waals surface area contributed by atoms with Gasteiger partial charge in [-0.1, -0.05) is 0 Å². The van der Waals surface area contributed by atoms with Gasteiger partial charge in [-0.2, -0.15) is 0 Å². The van der Waals surface area contributed by atoms with Crippen molar-refractivity contribution in [1.29, 1.82) is 0 Å². The van der Waals surface area contributed by atoms with Crippen LogP contribution in [-0.2, 0) is 0 Å². The van der Waals surface area contributed by atoms with Crippen molar-refractivity contribution < 1.29 is 9.47 Å². The topological polar surface area (TPSA) is 51.3 Å². The number of aromatic amines is 1. The third kappa shape index (κ3) is 1.72. The summed E-state index contributed by atoms with van der Waals surface area (Å²) < 4.78 is 11.1. The second-order valence-electron chi connectivity index (χ2n) is 3.86. The highest BCUT2D eigenvalue weighted by Crippen LogP contribution is 2.45. The van der Waals surface area contributed by atoms with Gasteiger partial charge in [-0.15, -0.1) is 11.3 Å². The summed E-state index contributed by atoms with van der Waals surface area (Å²) in [6.45, 7) is 2.95. The Morgan fingerprint density at radius 3 is 3.00 bits per heavy atom. The number of thiophene rings is 1. The summed E-state index contributed by atoms with van der Waals surface area (Å²) in [5, 5.41) is 1.93. The molecule has 0 aromatic carbocycles. The zero-order chi connectivity index (χ0) is 11.8. The quantitative estimate of drug-likeness (QED) is 0.842. The SMILES string of the molecule is Cc1cc(-c2scc3c2OCCO3)c[nH]c1=O. The Morgan fingerprint density at radius 1 is 1.35 bits per heavy atom. The number of aryl methyl sites for hydroxylation is 1. The molecule has 3 heterocycles. The highest BCUT2D eigenvalue weighted by molar-refractivity contribution is 7.14. The van der Waals surface area contributed by atoms with Crippen molar-refractivity contribution >= 4 is 11.3 Å². The molecule has 0 aliphatic carbocycles. The standard InChI is InChI=1S/C12H11NO3S/c1-7-4-8(5-13-12(7)14)11-10-9(6-17-11)15-2-3-16-10/h4-6H,2-3H2,1H3,(H,13,14). The second-order valence-corrected chi connectivity index (χ2v) is 4.74. The van der Waals surface area contributed by atoms with Crippen molar-refractivity contribution in [3.05, 3.63) is 33.6 Å². The Balaban J connectivity index is 2.12. The molecule has 88 valence electrons. The number of pyridine rings is 1. The molecule has 2 aromatic heterocycles. The first-order valence-electron chi connectivity index (χ1n) is 5.32. The number of rotatable bonds is 1. The lowest BCUT2D eigenvalue weighted by molar-refractivity contribution is 0.174. The van der Waals surface area contributed by atoms with E-state index in [1.165, 1.54) is 0 Å². The van der Waals surface area contributed by atoms with Gasteiger partial charge in [0.1, 0.15) is 13.2 Å². The fraction of sp³-hybridized carbons (Fsp3) is 0.250.